The van der Waals surface area contributed by atoms with Crippen LogP contribution in [0.1, 0.15) is 35.1 Å². The molecule has 4 aromatic rings. The van der Waals surface area contributed by atoms with Gasteiger partial charge in [0.15, 0.2) is 11.3 Å². The molecule has 0 atom stereocenters. The van der Waals surface area contributed by atoms with Gasteiger partial charge < -0.3 is 13.9 Å². The summed E-state index contributed by atoms with van der Waals surface area (Å²) in [6.07, 6.45) is 3.64. The summed E-state index contributed by atoms with van der Waals surface area (Å²) in [5.74, 6) is 0.873. The first-order chi connectivity index (χ1) is 16.1. The molecule has 5 rings (SSSR count). The number of rotatable bonds is 6. The van der Waals surface area contributed by atoms with E-state index in [0.717, 1.165) is 53.3 Å². The molecule has 0 aliphatic heterocycles. The minimum atomic E-state index is -0.303. The Bertz CT molecular complexity index is 1380. The highest BCUT2D eigenvalue weighted by atomic mass is 35.5. The Hall–Kier alpha value is -2.95. The van der Waals surface area contributed by atoms with Crippen LogP contribution in [0.5, 0.6) is 11.5 Å². The molecule has 0 saturated carbocycles. The van der Waals surface area contributed by atoms with Crippen molar-refractivity contribution in [2.24, 2.45) is 0 Å². The summed E-state index contributed by atoms with van der Waals surface area (Å²) in [6, 6.07) is 18.8. The topological polar surface area (TPSA) is 48.7 Å². The van der Waals surface area contributed by atoms with Gasteiger partial charge in [-0.05, 0) is 55.5 Å². The molecule has 0 N–H and O–H groups in total. The third-order valence-electron chi connectivity index (χ3n) is 5.98. The van der Waals surface area contributed by atoms with E-state index in [9.17, 15) is 4.79 Å². The van der Waals surface area contributed by atoms with E-state index in [2.05, 4.69) is 0 Å². The van der Waals surface area contributed by atoms with Gasteiger partial charge in [-0.1, -0.05) is 59.6 Å². The smallest absolute Gasteiger partial charge is 0.339 e. The minimum Gasteiger partial charge on any atom is -0.485 e. The molecular weight excluding hydrogens is 459 g/mol. The number of ether oxygens (including phenoxy) is 2. The van der Waals surface area contributed by atoms with Crippen molar-refractivity contribution in [2.75, 3.05) is 0 Å². The van der Waals surface area contributed by atoms with E-state index in [1.165, 1.54) is 0 Å². The summed E-state index contributed by atoms with van der Waals surface area (Å²) < 4.78 is 18.1. The molecule has 0 bridgehead atoms. The molecular formula is C27H22Cl2O4. The van der Waals surface area contributed by atoms with Gasteiger partial charge in [0, 0.05) is 32.1 Å². The fourth-order valence-corrected chi connectivity index (χ4v) is 4.63. The number of halogens is 2. The van der Waals surface area contributed by atoms with Crippen molar-refractivity contribution >= 4 is 34.2 Å². The SMILES string of the molecule is O=c1oc2c(OCc3ccccc3Cl)c(OCc3ccccc3Cl)ccc2c2c1CCCC2. The largest absolute Gasteiger partial charge is 0.485 e. The Morgan fingerprint density at radius 3 is 2.03 bits per heavy atom. The molecule has 3 aromatic carbocycles. The average Bonchev–Trinajstić information content (AvgIpc) is 2.83. The van der Waals surface area contributed by atoms with Gasteiger partial charge in [-0.2, -0.15) is 0 Å². The van der Waals surface area contributed by atoms with Crippen LogP contribution in [0.2, 0.25) is 10.0 Å². The van der Waals surface area contributed by atoms with Crippen molar-refractivity contribution in [1.82, 2.24) is 0 Å². The fraction of sp³-hybridized carbons (Fsp3) is 0.222. The monoisotopic (exact) mass is 480 g/mol. The molecule has 4 nitrogen and oxygen atoms in total. The Kier molecular flexibility index (Phi) is 6.30. The summed E-state index contributed by atoms with van der Waals surface area (Å²) >= 11 is 12.6. The molecule has 0 fully saturated rings. The van der Waals surface area contributed by atoms with Crippen LogP contribution in [-0.4, -0.2) is 0 Å². The highest BCUT2D eigenvalue weighted by Crippen LogP contribution is 2.39. The van der Waals surface area contributed by atoms with Gasteiger partial charge >= 0.3 is 5.63 Å². The first-order valence-electron chi connectivity index (χ1n) is 11.0. The lowest BCUT2D eigenvalue weighted by molar-refractivity contribution is 0.255. The highest BCUT2D eigenvalue weighted by molar-refractivity contribution is 6.31. The van der Waals surface area contributed by atoms with Crippen LogP contribution in [0, 0.1) is 0 Å². The number of hydrogen-bond acceptors (Lipinski definition) is 4. The highest BCUT2D eigenvalue weighted by Gasteiger charge is 2.22. The number of benzene rings is 3. The van der Waals surface area contributed by atoms with Crippen LogP contribution in [0.25, 0.3) is 11.0 Å². The predicted molar refractivity (Wildman–Crippen MR) is 131 cm³/mol. The average molecular weight is 481 g/mol. The summed E-state index contributed by atoms with van der Waals surface area (Å²) in [7, 11) is 0. The molecule has 6 heteroatoms. The lowest BCUT2D eigenvalue weighted by Crippen LogP contribution is -2.16. The second-order valence-electron chi connectivity index (χ2n) is 8.08. The van der Waals surface area contributed by atoms with Gasteiger partial charge in [0.2, 0.25) is 5.75 Å². The zero-order chi connectivity index (χ0) is 22.8. The van der Waals surface area contributed by atoms with Crippen molar-refractivity contribution in [2.45, 2.75) is 38.9 Å². The second kappa shape index (κ2) is 9.50. The molecule has 1 aromatic heterocycles. The number of fused-ring (bicyclic) bond motifs is 3. The van der Waals surface area contributed by atoms with E-state index < -0.39 is 0 Å². The molecule has 1 aliphatic rings. The molecule has 0 unspecified atom stereocenters. The van der Waals surface area contributed by atoms with Crippen molar-refractivity contribution in [1.29, 1.82) is 0 Å². The molecule has 0 saturated heterocycles. The minimum absolute atomic E-state index is 0.210. The molecule has 33 heavy (non-hydrogen) atoms. The van der Waals surface area contributed by atoms with Crippen LogP contribution in [-0.2, 0) is 26.1 Å². The predicted octanol–water partition coefficient (Wildman–Crippen LogP) is 7.14. The van der Waals surface area contributed by atoms with E-state index in [4.69, 9.17) is 37.1 Å². The normalized spacial score (nSPS) is 13.0. The van der Waals surface area contributed by atoms with Crippen LogP contribution in [0.4, 0.5) is 0 Å². The van der Waals surface area contributed by atoms with E-state index in [0.29, 0.717) is 27.1 Å². The summed E-state index contributed by atoms with van der Waals surface area (Å²) in [5, 5.41) is 2.12. The van der Waals surface area contributed by atoms with Gasteiger partial charge in [0.25, 0.3) is 0 Å². The molecule has 0 radical (unpaired) electrons. The molecule has 168 valence electrons. The van der Waals surface area contributed by atoms with Crippen molar-refractivity contribution in [3.63, 3.8) is 0 Å². The van der Waals surface area contributed by atoms with E-state index >= 15 is 0 Å². The van der Waals surface area contributed by atoms with Gasteiger partial charge in [-0.3, -0.25) is 0 Å². The Labute approximate surface area is 201 Å². The quantitative estimate of drug-likeness (QED) is 0.275. The fourth-order valence-electron chi connectivity index (χ4n) is 4.25. The zero-order valence-corrected chi connectivity index (χ0v) is 19.4. The second-order valence-corrected chi connectivity index (χ2v) is 8.90. The van der Waals surface area contributed by atoms with Crippen LogP contribution < -0.4 is 15.1 Å². The van der Waals surface area contributed by atoms with Gasteiger partial charge in [-0.25, -0.2) is 4.79 Å². The van der Waals surface area contributed by atoms with Crippen LogP contribution in [0.3, 0.4) is 0 Å². The van der Waals surface area contributed by atoms with Crippen molar-refractivity contribution in [3.05, 3.63) is 103 Å². The number of hydrogen-bond donors (Lipinski definition) is 0. The maximum absolute atomic E-state index is 12.8. The lowest BCUT2D eigenvalue weighted by Gasteiger charge is -2.19. The van der Waals surface area contributed by atoms with Crippen molar-refractivity contribution < 1.29 is 13.9 Å². The molecule has 0 spiro atoms. The lowest BCUT2D eigenvalue weighted by atomic mass is 9.90. The maximum Gasteiger partial charge on any atom is 0.339 e. The van der Waals surface area contributed by atoms with Gasteiger partial charge in [0.05, 0.1) is 0 Å². The Morgan fingerprint density at radius 1 is 0.758 bits per heavy atom. The summed E-state index contributed by atoms with van der Waals surface area (Å²) in [6.45, 7) is 0.463. The third kappa shape index (κ3) is 4.46. The first kappa shape index (κ1) is 21.9. The molecule has 1 heterocycles. The van der Waals surface area contributed by atoms with E-state index in [1.54, 1.807) is 0 Å². The standard InChI is InChI=1S/C27H22Cl2O4/c28-22-11-5-1-7-17(22)15-31-24-14-13-20-19-9-3-4-10-21(19)27(30)33-25(20)26(24)32-16-18-8-2-6-12-23(18)29/h1-2,5-8,11-14H,3-4,9-10,15-16H2. The zero-order valence-electron chi connectivity index (χ0n) is 17.9. The van der Waals surface area contributed by atoms with Gasteiger partial charge in [-0.15, -0.1) is 0 Å². The third-order valence-corrected chi connectivity index (χ3v) is 6.72. The van der Waals surface area contributed by atoms with Crippen molar-refractivity contribution in [3.8, 4) is 11.5 Å². The Balaban J connectivity index is 1.57. The van der Waals surface area contributed by atoms with Crippen LogP contribution >= 0.6 is 23.2 Å². The molecule has 0 amide bonds. The maximum atomic E-state index is 12.8. The van der Waals surface area contributed by atoms with Crippen LogP contribution in [0.15, 0.2) is 69.9 Å². The molecule has 1 aliphatic carbocycles. The summed E-state index contributed by atoms with van der Waals surface area (Å²) in [4.78, 5) is 12.8. The van der Waals surface area contributed by atoms with Gasteiger partial charge in [0.1, 0.15) is 13.2 Å². The first-order valence-corrected chi connectivity index (χ1v) is 11.7. The van der Waals surface area contributed by atoms with E-state index in [1.807, 2.05) is 60.7 Å². The number of aryl methyl sites for hydroxylation is 1. The Morgan fingerprint density at radius 2 is 1.36 bits per heavy atom. The van der Waals surface area contributed by atoms with E-state index in [-0.39, 0.29) is 18.8 Å². The summed E-state index contributed by atoms with van der Waals surface area (Å²) in [5.41, 5.74) is 3.60.